The average molecular weight is 270 g/mol. The Balaban J connectivity index is 2.35. The molecule has 0 bridgehead atoms. The molecule has 20 heavy (non-hydrogen) atoms. The molecule has 0 aliphatic carbocycles. The summed E-state index contributed by atoms with van der Waals surface area (Å²) in [7, 11) is 0. The third-order valence-electron chi connectivity index (χ3n) is 2.81. The van der Waals surface area contributed by atoms with Gasteiger partial charge in [-0.2, -0.15) is 0 Å². The number of amidine groups is 1. The average Bonchev–Trinajstić information content (AvgIpc) is 2.47. The van der Waals surface area contributed by atoms with Gasteiger partial charge >= 0.3 is 0 Å². The van der Waals surface area contributed by atoms with E-state index in [1.54, 1.807) is 30.5 Å². The van der Waals surface area contributed by atoms with Crippen molar-refractivity contribution in [3.8, 4) is 0 Å². The molecule has 4 N–H and O–H groups in total. The maximum Gasteiger partial charge on any atom is 0.257 e. The summed E-state index contributed by atoms with van der Waals surface area (Å²) in [5.41, 5.74) is 7.85. The second kappa shape index (κ2) is 5.83. The van der Waals surface area contributed by atoms with Crippen molar-refractivity contribution < 1.29 is 10.0 Å². The van der Waals surface area contributed by atoms with Crippen LogP contribution in [-0.4, -0.2) is 21.9 Å². The van der Waals surface area contributed by atoms with Gasteiger partial charge in [-0.3, -0.25) is 9.78 Å². The van der Waals surface area contributed by atoms with Crippen molar-refractivity contribution in [3.63, 3.8) is 0 Å². The highest BCUT2D eigenvalue weighted by molar-refractivity contribution is 6.10. The number of nitrogens with zero attached hydrogens (tertiary/aromatic N) is 2. The van der Waals surface area contributed by atoms with E-state index < -0.39 is 0 Å². The minimum absolute atomic E-state index is 0.0513. The van der Waals surface area contributed by atoms with E-state index in [9.17, 15) is 4.79 Å². The maximum absolute atomic E-state index is 12.1. The van der Waals surface area contributed by atoms with Crippen LogP contribution in [0.25, 0.3) is 0 Å². The monoisotopic (exact) mass is 270 g/mol. The third-order valence-corrected chi connectivity index (χ3v) is 2.81. The molecule has 0 saturated heterocycles. The highest BCUT2D eigenvalue weighted by Gasteiger charge is 2.13. The summed E-state index contributed by atoms with van der Waals surface area (Å²) in [4.78, 5) is 16.0. The van der Waals surface area contributed by atoms with E-state index in [4.69, 9.17) is 10.9 Å². The first-order valence-corrected chi connectivity index (χ1v) is 5.92. The fourth-order valence-electron chi connectivity index (χ4n) is 1.85. The third kappa shape index (κ3) is 2.74. The Morgan fingerprint density at radius 1 is 1.35 bits per heavy atom. The number of oxime groups is 1. The van der Waals surface area contributed by atoms with Gasteiger partial charge in [0.2, 0.25) is 0 Å². The zero-order chi connectivity index (χ0) is 14.5. The summed E-state index contributed by atoms with van der Waals surface area (Å²) in [5.74, 6) is -0.361. The number of amides is 1. The van der Waals surface area contributed by atoms with Crippen molar-refractivity contribution in [1.82, 2.24) is 4.98 Å². The Hall–Kier alpha value is -2.89. The van der Waals surface area contributed by atoms with Crippen LogP contribution in [0, 0.1) is 6.92 Å². The standard InChI is InChI=1S/C14H14N4O2/c1-9-4-2-6-11(12(9)13(15)18-20)17-14(19)10-5-3-7-16-8-10/h2-8,20H,1H3,(H2,15,18)(H,17,19). The molecule has 0 aliphatic rings. The Kier molecular flexibility index (Phi) is 3.95. The van der Waals surface area contributed by atoms with Crippen LogP contribution in [0.15, 0.2) is 47.9 Å². The second-order valence-corrected chi connectivity index (χ2v) is 4.18. The van der Waals surface area contributed by atoms with Gasteiger partial charge in [-0.05, 0) is 30.7 Å². The molecular formula is C14H14N4O2. The Morgan fingerprint density at radius 2 is 2.15 bits per heavy atom. The van der Waals surface area contributed by atoms with Crippen LogP contribution in [0.4, 0.5) is 5.69 Å². The number of nitrogens with one attached hydrogen (secondary N) is 1. The van der Waals surface area contributed by atoms with Gasteiger partial charge in [-0.15, -0.1) is 0 Å². The van der Waals surface area contributed by atoms with E-state index in [0.717, 1.165) is 5.56 Å². The van der Waals surface area contributed by atoms with Crippen molar-refractivity contribution in [1.29, 1.82) is 0 Å². The lowest BCUT2D eigenvalue weighted by atomic mass is 10.1. The normalized spacial score (nSPS) is 11.2. The SMILES string of the molecule is Cc1cccc(NC(=O)c2cccnc2)c1/C(N)=N/O. The molecule has 0 saturated carbocycles. The van der Waals surface area contributed by atoms with Crippen molar-refractivity contribution in [3.05, 3.63) is 59.4 Å². The number of nitrogens with two attached hydrogens (primary N) is 1. The molecule has 1 aromatic heterocycles. The fourth-order valence-corrected chi connectivity index (χ4v) is 1.85. The van der Waals surface area contributed by atoms with Crippen LogP contribution in [0.2, 0.25) is 0 Å². The predicted octanol–water partition coefficient (Wildman–Crippen LogP) is 1.74. The van der Waals surface area contributed by atoms with Gasteiger partial charge in [0.1, 0.15) is 0 Å². The Labute approximate surface area is 115 Å². The number of anilines is 1. The lowest BCUT2D eigenvalue weighted by Gasteiger charge is -2.12. The van der Waals surface area contributed by atoms with E-state index in [0.29, 0.717) is 16.8 Å². The molecule has 0 aliphatic heterocycles. The van der Waals surface area contributed by atoms with Crippen LogP contribution < -0.4 is 11.1 Å². The van der Waals surface area contributed by atoms with E-state index in [1.165, 1.54) is 6.20 Å². The number of hydrogen-bond acceptors (Lipinski definition) is 4. The summed E-state index contributed by atoms with van der Waals surface area (Å²) >= 11 is 0. The number of rotatable bonds is 3. The molecule has 102 valence electrons. The number of aryl methyl sites for hydroxylation is 1. The molecule has 1 amide bonds. The zero-order valence-electron chi connectivity index (χ0n) is 10.9. The topological polar surface area (TPSA) is 101 Å². The van der Waals surface area contributed by atoms with Crippen molar-refractivity contribution in [2.75, 3.05) is 5.32 Å². The van der Waals surface area contributed by atoms with Gasteiger partial charge in [0.15, 0.2) is 5.84 Å². The number of carbonyl (C=O) groups is 1. The molecule has 2 rings (SSSR count). The van der Waals surface area contributed by atoms with Crippen LogP contribution in [-0.2, 0) is 0 Å². The minimum atomic E-state index is -0.310. The fraction of sp³-hybridized carbons (Fsp3) is 0.0714. The molecule has 1 heterocycles. The van der Waals surface area contributed by atoms with Gasteiger partial charge in [-0.25, -0.2) is 0 Å². The largest absolute Gasteiger partial charge is 0.409 e. The lowest BCUT2D eigenvalue weighted by Crippen LogP contribution is -2.20. The smallest absolute Gasteiger partial charge is 0.257 e. The summed E-state index contributed by atoms with van der Waals surface area (Å²) in [5, 5.41) is 14.6. The molecule has 0 atom stereocenters. The van der Waals surface area contributed by atoms with Crippen molar-refractivity contribution in [2.45, 2.75) is 6.92 Å². The molecule has 0 fully saturated rings. The van der Waals surface area contributed by atoms with Crippen LogP contribution >= 0.6 is 0 Å². The van der Waals surface area contributed by atoms with Crippen LogP contribution in [0.5, 0.6) is 0 Å². The number of benzene rings is 1. The van der Waals surface area contributed by atoms with Gasteiger partial charge in [-0.1, -0.05) is 17.3 Å². The molecule has 0 spiro atoms. The molecule has 6 nitrogen and oxygen atoms in total. The number of carbonyl (C=O) groups excluding carboxylic acids is 1. The van der Waals surface area contributed by atoms with E-state index >= 15 is 0 Å². The molecule has 6 heteroatoms. The molecule has 0 radical (unpaired) electrons. The van der Waals surface area contributed by atoms with E-state index in [2.05, 4.69) is 15.5 Å². The van der Waals surface area contributed by atoms with E-state index in [-0.39, 0.29) is 11.7 Å². The summed E-state index contributed by atoms with van der Waals surface area (Å²) in [6, 6.07) is 8.61. The molecule has 0 unspecified atom stereocenters. The molecular weight excluding hydrogens is 256 g/mol. The van der Waals surface area contributed by atoms with Crippen molar-refractivity contribution in [2.24, 2.45) is 10.9 Å². The highest BCUT2D eigenvalue weighted by Crippen LogP contribution is 2.20. The summed E-state index contributed by atoms with van der Waals surface area (Å²) in [6.07, 6.45) is 3.06. The molecule has 2 aromatic rings. The van der Waals surface area contributed by atoms with Gasteiger partial charge in [0.25, 0.3) is 5.91 Å². The number of hydrogen-bond donors (Lipinski definition) is 3. The van der Waals surface area contributed by atoms with Crippen LogP contribution in [0.3, 0.4) is 0 Å². The summed E-state index contributed by atoms with van der Waals surface area (Å²) in [6.45, 7) is 1.81. The number of pyridine rings is 1. The van der Waals surface area contributed by atoms with Gasteiger partial charge < -0.3 is 16.3 Å². The quantitative estimate of drug-likeness (QED) is 0.342. The second-order valence-electron chi connectivity index (χ2n) is 4.18. The first-order valence-electron chi connectivity index (χ1n) is 5.92. The summed E-state index contributed by atoms with van der Waals surface area (Å²) < 4.78 is 0. The van der Waals surface area contributed by atoms with E-state index in [1.807, 2.05) is 13.0 Å². The minimum Gasteiger partial charge on any atom is -0.409 e. The first-order chi connectivity index (χ1) is 9.63. The Bertz CT molecular complexity index is 653. The van der Waals surface area contributed by atoms with Crippen molar-refractivity contribution >= 4 is 17.4 Å². The predicted molar refractivity (Wildman–Crippen MR) is 75.9 cm³/mol. The Morgan fingerprint density at radius 3 is 2.80 bits per heavy atom. The van der Waals surface area contributed by atoms with Gasteiger partial charge in [0, 0.05) is 18.0 Å². The zero-order valence-corrected chi connectivity index (χ0v) is 10.9. The number of aromatic nitrogens is 1. The van der Waals surface area contributed by atoms with Gasteiger partial charge in [0.05, 0.1) is 11.3 Å². The molecule has 1 aromatic carbocycles. The highest BCUT2D eigenvalue weighted by atomic mass is 16.4. The van der Waals surface area contributed by atoms with Crippen LogP contribution in [0.1, 0.15) is 21.5 Å². The lowest BCUT2D eigenvalue weighted by molar-refractivity contribution is 0.102. The maximum atomic E-state index is 12.1. The first kappa shape index (κ1) is 13.5.